The van der Waals surface area contributed by atoms with Gasteiger partial charge in [-0.1, -0.05) is 0 Å². The van der Waals surface area contributed by atoms with Crippen molar-refractivity contribution in [2.24, 2.45) is 0 Å². The lowest BCUT2D eigenvalue weighted by molar-refractivity contribution is -0.140. The molecule has 0 saturated heterocycles. The third-order valence-corrected chi connectivity index (χ3v) is 1.70. The van der Waals surface area contributed by atoms with E-state index < -0.39 is 23.5 Å². The highest BCUT2D eigenvalue weighted by Gasteiger charge is 2.35. The molecule has 0 aromatic carbocycles. The van der Waals surface area contributed by atoms with Gasteiger partial charge >= 0.3 is 12.1 Å². The van der Waals surface area contributed by atoms with Crippen LogP contribution < -0.4 is 5.73 Å². The first kappa shape index (κ1) is 12.3. The van der Waals surface area contributed by atoms with Gasteiger partial charge < -0.3 is 10.5 Å². The van der Waals surface area contributed by atoms with Crippen molar-refractivity contribution in [2.75, 3.05) is 12.3 Å². The number of hydrogen-bond acceptors (Lipinski definition) is 4. The molecule has 0 amide bonds. The van der Waals surface area contributed by atoms with Gasteiger partial charge in [-0.25, -0.2) is 9.78 Å². The number of rotatable bonds is 2. The Hall–Kier alpha value is -1.79. The molecule has 1 heterocycles. The summed E-state index contributed by atoms with van der Waals surface area (Å²) in [4.78, 5) is 14.3. The number of carbonyl (C=O) groups is 1. The third-order valence-electron chi connectivity index (χ3n) is 1.70. The maximum Gasteiger partial charge on any atom is 0.435 e. The molecule has 0 atom stereocenters. The summed E-state index contributed by atoms with van der Waals surface area (Å²) in [7, 11) is 0. The lowest BCUT2D eigenvalue weighted by Crippen LogP contribution is -2.14. The van der Waals surface area contributed by atoms with Crippen LogP contribution in [-0.4, -0.2) is 17.6 Å². The largest absolute Gasteiger partial charge is 0.462 e. The van der Waals surface area contributed by atoms with Gasteiger partial charge in [0.2, 0.25) is 0 Å². The van der Waals surface area contributed by atoms with Crippen molar-refractivity contribution < 1.29 is 22.7 Å². The van der Waals surface area contributed by atoms with E-state index in [1.54, 1.807) is 6.92 Å². The Bertz CT molecular complexity index is 404. The van der Waals surface area contributed by atoms with Crippen molar-refractivity contribution in [3.05, 3.63) is 23.5 Å². The van der Waals surface area contributed by atoms with Gasteiger partial charge in [-0.15, -0.1) is 0 Å². The monoisotopic (exact) mass is 234 g/mol. The first-order chi connectivity index (χ1) is 7.36. The minimum absolute atomic E-state index is 0.104. The zero-order valence-electron chi connectivity index (χ0n) is 8.34. The second-order valence-electron chi connectivity index (χ2n) is 2.88. The van der Waals surface area contributed by atoms with Crippen molar-refractivity contribution in [1.82, 2.24) is 4.98 Å². The van der Waals surface area contributed by atoms with E-state index in [4.69, 9.17) is 5.73 Å². The summed E-state index contributed by atoms with van der Waals surface area (Å²) in [6, 6.07) is 0.897. The number of anilines is 1. The number of esters is 1. The summed E-state index contributed by atoms with van der Waals surface area (Å²) < 4.78 is 41.4. The van der Waals surface area contributed by atoms with Crippen LogP contribution >= 0.6 is 0 Å². The number of carbonyl (C=O) groups excluding carboxylic acids is 1. The Morgan fingerprint density at radius 1 is 1.56 bits per heavy atom. The number of pyridine rings is 1. The van der Waals surface area contributed by atoms with E-state index in [2.05, 4.69) is 9.72 Å². The van der Waals surface area contributed by atoms with Crippen molar-refractivity contribution in [1.29, 1.82) is 0 Å². The maximum absolute atomic E-state index is 12.3. The van der Waals surface area contributed by atoms with Gasteiger partial charge in [-0.2, -0.15) is 13.2 Å². The van der Waals surface area contributed by atoms with Gasteiger partial charge in [0.05, 0.1) is 17.9 Å². The summed E-state index contributed by atoms with van der Waals surface area (Å²) in [6.45, 7) is 1.71. The van der Waals surface area contributed by atoms with E-state index in [1.807, 2.05) is 0 Å². The molecule has 7 heteroatoms. The predicted octanol–water partition coefficient (Wildman–Crippen LogP) is 1.86. The molecule has 0 spiro atoms. The van der Waals surface area contributed by atoms with Crippen LogP contribution in [0.1, 0.15) is 23.0 Å². The minimum atomic E-state index is -4.63. The van der Waals surface area contributed by atoms with Crippen molar-refractivity contribution in [3.63, 3.8) is 0 Å². The number of nitrogen functional groups attached to an aromatic ring is 1. The molecule has 16 heavy (non-hydrogen) atoms. The van der Waals surface area contributed by atoms with Gasteiger partial charge in [-0.05, 0) is 13.0 Å². The average molecular weight is 234 g/mol. The van der Waals surface area contributed by atoms with E-state index in [9.17, 15) is 18.0 Å². The molecule has 0 radical (unpaired) electrons. The molecule has 0 aliphatic carbocycles. The van der Waals surface area contributed by atoms with Crippen LogP contribution in [0.3, 0.4) is 0 Å². The molecule has 88 valence electrons. The molecular weight excluding hydrogens is 225 g/mol. The standard InChI is InChI=1S/C9H9F3N2O2/c1-2-16-8(15)5-3-6(13)7(14-4-5)9(10,11)12/h3-4H,2,13H2,1H3. The Morgan fingerprint density at radius 2 is 2.19 bits per heavy atom. The molecule has 0 aliphatic heterocycles. The number of halogens is 3. The van der Waals surface area contributed by atoms with Gasteiger partial charge in [0, 0.05) is 6.20 Å². The lowest BCUT2D eigenvalue weighted by Gasteiger charge is -2.09. The molecule has 1 rings (SSSR count). The molecule has 0 aliphatic rings. The topological polar surface area (TPSA) is 65.2 Å². The van der Waals surface area contributed by atoms with Crippen molar-refractivity contribution in [2.45, 2.75) is 13.1 Å². The molecule has 1 aromatic heterocycles. The summed E-state index contributed by atoms with van der Waals surface area (Å²) in [6.07, 6.45) is -3.84. The van der Waals surface area contributed by atoms with E-state index in [0.717, 1.165) is 12.3 Å². The van der Waals surface area contributed by atoms with E-state index >= 15 is 0 Å². The molecule has 4 nitrogen and oxygen atoms in total. The van der Waals surface area contributed by atoms with E-state index in [0.29, 0.717) is 0 Å². The quantitative estimate of drug-likeness (QED) is 0.793. The van der Waals surface area contributed by atoms with Gasteiger partial charge in [0.25, 0.3) is 0 Å². The normalized spacial score (nSPS) is 11.2. The first-order valence-electron chi connectivity index (χ1n) is 4.36. The molecule has 0 fully saturated rings. The van der Waals surface area contributed by atoms with Gasteiger partial charge in [0.1, 0.15) is 0 Å². The fourth-order valence-corrected chi connectivity index (χ4v) is 1.04. The number of nitrogens with two attached hydrogens (primary N) is 1. The fourth-order valence-electron chi connectivity index (χ4n) is 1.04. The smallest absolute Gasteiger partial charge is 0.435 e. The Morgan fingerprint density at radius 3 is 2.62 bits per heavy atom. The van der Waals surface area contributed by atoms with Crippen LogP contribution in [0.2, 0.25) is 0 Å². The minimum Gasteiger partial charge on any atom is -0.462 e. The predicted molar refractivity (Wildman–Crippen MR) is 49.6 cm³/mol. The van der Waals surface area contributed by atoms with Crippen LogP contribution in [0.25, 0.3) is 0 Å². The van der Waals surface area contributed by atoms with Crippen LogP contribution in [0, 0.1) is 0 Å². The zero-order valence-corrected chi connectivity index (χ0v) is 8.34. The number of aromatic nitrogens is 1. The SMILES string of the molecule is CCOC(=O)c1cnc(C(F)(F)F)c(N)c1. The lowest BCUT2D eigenvalue weighted by atomic mass is 10.2. The average Bonchev–Trinajstić information content (AvgIpc) is 2.16. The van der Waals surface area contributed by atoms with Crippen LogP contribution in [0.15, 0.2) is 12.3 Å². The summed E-state index contributed by atoms with van der Waals surface area (Å²) >= 11 is 0. The number of nitrogens with zero attached hydrogens (tertiary/aromatic N) is 1. The highest BCUT2D eigenvalue weighted by atomic mass is 19.4. The summed E-state index contributed by atoms with van der Waals surface area (Å²) in [5, 5.41) is 0. The first-order valence-corrected chi connectivity index (χ1v) is 4.36. The second kappa shape index (κ2) is 4.38. The summed E-state index contributed by atoms with van der Waals surface area (Å²) in [5.74, 6) is -0.754. The summed E-state index contributed by atoms with van der Waals surface area (Å²) in [5.41, 5.74) is 3.24. The molecule has 0 saturated carbocycles. The Balaban J connectivity index is 3.05. The van der Waals surface area contributed by atoms with Crippen LogP contribution in [0.5, 0.6) is 0 Å². The molecule has 0 bridgehead atoms. The van der Waals surface area contributed by atoms with Crippen molar-refractivity contribution in [3.8, 4) is 0 Å². The molecule has 1 aromatic rings. The van der Waals surface area contributed by atoms with Crippen molar-refractivity contribution >= 4 is 11.7 Å². The Kier molecular flexibility index (Phi) is 3.36. The van der Waals surface area contributed by atoms with Crippen LogP contribution in [-0.2, 0) is 10.9 Å². The highest BCUT2D eigenvalue weighted by molar-refractivity contribution is 5.90. The third kappa shape index (κ3) is 2.62. The molecule has 2 N–H and O–H groups in total. The van der Waals surface area contributed by atoms with E-state index in [-0.39, 0.29) is 12.2 Å². The van der Waals surface area contributed by atoms with E-state index in [1.165, 1.54) is 0 Å². The van der Waals surface area contributed by atoms with Gasteiger partial charge in [-0.3, -0.25) is 0 Å². The molecular formula is C9H9F3N2O2. The maximum atomic E-state index is 12.3. The number of alkyl halides is 3. The number of ether oxygens (including phenoxy) is 1. The zero-order chi connectivity index (χ0) is 12.3. The fraction of sp³-hybridized carbons (Fsp3) is 0.333. The molecule has 0 unspecified atom stereocenters. The highest BCUT2D eigenvalue weighted by Crippen LogP contribution is 2.31. The number of hydrogen-bond donors (Lipinski definition) is 1. The Labute approximate surface area is 89.2 Å². The second-order valence-corrected chi connectivity index (χ2v) is 2.88. The van der Waals surface area contributed by atoms with Gasteiger partial charge in [0.15, 0.2) is 5.69 Å². The van der Waals surface area contributed by atoms with Crippen LogP contribution in [0.4, 0.5) is 18.9 Å².